The van der Waals surface area contributed by atoms with Gasteiger partial charge in [0.2, 0.25) is 11.0 Å². The fourth-order valence-electron chi connectivity index (χ4n) is 2.85. The number of anilines is 1. The lowest BCUT2D eigenvalue weighted by atomic mass is 9.73. The SMILES string of the molecule is CCCSc1nnc(NC(=O)C2(c3ccccc3)CCOCC2)s1. The first-order valence-corrected chi connectivity index (χ1v) is 9.96. The fraction of sp³-hybridized carbons (Fsp3) is 0.471. The average molecular weight is 364 g/mol. The molecule has 1 aliphatic rings. The lowest BCUT2D eigenvalue weighted by Crippen LogP contribution is -2.44. The summed E-state index contributed by atoms with van der Waals surface area (Å²) in [5, 5.41) is 11.8. The highest BCUT2D eigenvalue weighted by Crippen LogP contribution is 2.36. The summed E-state index contributed by atoms with van der Waals surface area (Å²) in [5.74, 6) is 0.994. The molecular weight excluding hydrogens is 342 g/mol. The molecule has 2 aromatic rings. The number of hydrogen-bond acceptors (Lipinski definition) is 6. The number of nitrogens with zero attached hydrogens (tertiary/aromatic N) is 2. The standard InChI is InChI=1S/C17H21N3O2S2/c1-2-12-23-16-20-19-15(24-16)18-14(21)17(8-10-22-11-9-17)13-6-4-3-5-7-13/h3-7H,2,8-12H2,1H3,(H,18,19,21). The topological polar surface area (TPSA) is 64.1 Å². The number of ether oxygens (including phenoxy) is 1. The summed E-state index contributed by atoms with van der Waals surface area (Å²) < 4.78 is 6.38. The Morgan fingerprint density at radius 3 is 2.75 bits per heavy atom. The molecule has 2 heterocycles. The van der Waals surface area contributed by atoms with Crippen LogP contribution in [0.15, 0.2) is 34.7 Å². The highest BCUT2D eigenvalue weighted by Gasteiger charge is 2.42. The lowest BCUT2D eigenvalue weighted by molar-refractivity contribution is -0.125. The molecule has 128 valence electrons. The van der Waals surface area contributed by atoms with E-state index in [-0.39, 0.29) is 5.91 Å². The number of aromatic nitrogens is 2. The molecule has 0 atom stereocenters. The van der Waals surface area contributed by atoms with E-state index in [1.165, 1.54) is 11.3 Å². The van der Waals surface area contributed by atoms with Crippen molar-refractivity contribution in [3.05, 3.63) is 35.9 Å². The van der Waals surface area contributed by atoms with E-state index in [0.29, 0.717) is 31.2 Å². The zero-order valence-electron chi connectivity index (χ0n) is 13.7. The summed E-state index contributed by atoms with van der Waals surface area (Å²) in [5.41, 5.74) is 0.484. The van der Waals surface area contributed by atoms with Crippen LogP contribution in [0.4, 0.5) is 5.13 Å². The molecule has 1 fully saturated rings. The van der Waals surface area contributed by atoms with Crippen molar-refractivity contribution in [3.8, 4) is 0 Å². The quantitative estimate of drug-likeness (QED) is 0.626. The molecule has 1 amide bonds. The molecule has 1 aliphatic heterocycles. The second-order valence-corrected chi connectivity index (χ2v) is 8.06. The molecule has 0 saturated carbocycles. The number of amides is 1. The zero-order chi connectivity index (χ0) is 16.8. The van der Waals surface area contributed by atoms with Gasteiger partial charge in [-0.2, -0.15) is 0 Å². The van der Waals surface area contributed by atoms with Crippen LogP contribution in [0.5, 0.6) is 0 Å². The van der Waals surface area contributed by atoms with Gasteiger partial charge in [-0.1, -0.05) is 60.4 Å². The summed E-state index contributed by atoms with van der Waals surface area (Å²) in [7, 11) is 0. The minimum atomic E-state index is -0.554. The summed E-state index contributed by atoms with van der Waals surface area (Å²) in [6.07, 6.45) is 2.45. The smallest absolute Gasteiger partial charge is 0.237 e. The third-order valence-corrected chi connectivity index (χ3v) is 6.34. The predicted octanol–water partition coefficient (Wildman–Crippen LogP) is 3.73. The van der Waals surface area contributed by atoms with Crippen LogP contribution in [0.2, 0.25) is 0 Å². The molecule has 1 aromatic heterocycles. The molecule has 3 rings (SSSR count). The third kappa shape index (κ3) is 3.79. The van der Waals surface area contributed by atoms with Crippen LogP contribution >= 0.6 is 23.1 Å². The molecule has 24 heavy (non-hydrogen) atoms. The van der Waals surface area contributed by atoms with Gasteiger partial charge in [0.1, 0.15) is 0 Å². The normalized spacial score (nSPS) is 16.7. The summed E-state index contributed by atoms with van der Waals surface area (Å²) in [6, 6.07) is 9.96. The number of nitrogens with one attached hydrogen (secondary N) is 1. The van der Waals surface area contributed by atoms with E-state index in [4.69, 9.17) is 4.74 Å². The van der Waals surface area contributed by atoms with E-state index < -0.39 is 5.41 Å². The highest BCUT2D eigenvalue weighted by molar-refractivity contribution is 8.01. The Morgan fingerprint density at radius 1 is 1.29 bits per heavy atom. The van der Waals surface area contributed by atoms with E-state index in [0.717, 1.165) is 22.1 Å². The molecule has 0 bridgehead atoms. The maximum Gasteiger partial charge on any atom is 0.237 e. The van der Waals surface area contributed by atoms with E-state index in [1.807, 2.05) is 30.3 Å². The molecule has 0 radical (unpaired) electrons. The number of rotatable bonds is 6. The number of carbonyl (C=O) groups is 1. The first-order chi connectivity index (χ1) is 11.7. The van der Waals surface area contributed by atoms with E-state index in [1.54, 1.807) is 11.8 Å². The molecule has 0 aliphatic carbocycles. The van der Waals surface area contributed by atoms with Gasteiger partial charge in [-0.3, -0.25) is 10.1 Å². The number of thioether (sulfide) groups is 1. The number of carbonyl (C=O) groups excluding carboxylic acids is 1. The lowest BCUT2D eigenvalue weighted by Gasteiger charge is -2.35. The maximum atomic E-state index is 13.1. The van der Waals surface area contributed by atoms with Crippen LogP contribution in [0.1, 0.15) is 31.7 Å². The largest absolute Gasteiger partial charge is 0.381 e. The van der Waals surface area contributed by atoms with Gasteiger partial charge in [-0.15, -0.1) is 10.2 Å². The predicted molar refractivity (Wildman–Crippen MR) is 97.7 cm³/mol. The molecule has 7 heteroatoms. The van der Waals surface area contributed by atoms with Gasteiger partial charge in [0, 0.05) is 19.0 Å². The fourth-order valence-corrected chi connectivity index (χ4v) is 4.52. The second-order valence-electron chi connectivity index (χ2n) is 5.74. The molecular formula is C17H21N3O2S2. The Balaban J connectivity index is 1.78. The Kier molecular flexibility index (Phi) is 5.86. The molecule has 1 aromatic carbocycles. The Hall–Kier alpha value is -1.44. The first-order valence-electron chi connectivity index (χ1n) is 8.15. The highest BCUT2D eigenvalue weighted by atomic mass is 32.2. The van der Waals surface area contributed by atoms with Crippen LogP contribution < -0.4 is 5.32 Å². The van der Waals surface area contributed by atoms with Crippen LogP contribution in [0, 0.1) is 0 Å². The maximum absolute atomic E-state index is 13.1. The minimum absolute atomic E-state index is 0.0137. The van der Waals surface area contributed by atoms with Gasteiger partial charge in [0.15, 0.2) is 4.34 Å². The van der Waals surface area contributed by atoms with Crippen molar-refractivity contribution in [2.75, 3.05) is 24.3 Å². The zero-order valence-corrected chi connectivity index (χ0v) is 15.3. The summed E-state index contributed by atoms with van der Waals surface area (Å²) in [4.78, 5) is 13.1. The van der Waals surface area contributed by atoms with Crippen molar-refractivity contribution in [3.63, 3.8) is 0 Å². The van der Waals surface area contributed by atoms with E-state index >= 15 is 0 Å². The van der Waals surface area contributed by atoms with Gasteiger partial charge in [0.25, 0.3) is 0 Å². The third-order valence-electron chi connectivity index (χ3n) is 4.16. The minimum Gasteiger partial charge on any atom is -0.381 e. The van der Waals surface area contributed by atoms with Gasteiger partial charge in [-0.05, 0) is 24.8 Å². The van der Waals surface area contributed by atoms with Crippen LogP contribution in [0.3, 0.4) is 0 Å². The van der Waals surface area contributed by atoms with Crippen molar-refractivity contribution in [2.24, 2.45) is 0 Å². The summed E-state index contributed by atoms with van der Waals surface area (Å²) in [6.45, 7) is 3.32. The first kappa shape index (κ1) is 17.4. The molecule has 0 spiro atoms. The number of hydrogen-bond donors (Lipinski definition) is 1. The van der Waals surface area contributed by atoms with E-state index in [2.05, 4.69) is 22.4 Å². The van der Waals surface area contributed by atoms with Crippen LogP contribution in [-0.2, 0) is 14.9 Å². The second kappa shape index (κ2) is 8.09. The Morgan fingerprint density at radius 2 is 2.04 bits per heavy atom. The Labute approximate surface area is 150 Å². The van der Waals surface area contributed by atoms with Crippen molar-refractivity contribution >= 4 is 34.1 Å². The Bertz CT molecular complexity index is 669. The van der Waals surface area contributed by atoms with Crippen molar-refractivity contribution < 1.29 is 9.53 Å². The monoisotopic (exact) mass is 363 g/mol. The average Bonchev–Trinajstić information content (AvgIpc) is 3.08. The van der Waals surface area contributed by atoms with Crippen molar-refractivity contribution in [1.29, 1.82) is 0 Å². The van der Waals surface area contributed by atoms with Crippen molar-refractivity contribution in [2.45, 2.75) is 35.9 Å². The molecule has 5 nitrogen and oxygen atoms in total. The molecule has 1 N–H and O–H groups in total. The van der Waals surface area contributed by atoms with Crippen LogP contribution in [0.25, 0.3) is 0 Å². The van der Waals surface area contributed by atoms with Gasteiger partial charge in [0.05, 0.1) is 5.41 Å². The van der Waals surface area contributed by atoms with Gasteiger partial charge in [-0.25, -0.2) is 0 Å². The van der Waals surface area contributed by atoms with Gasteiger partial charge < -0.3 is 4.74 Å². The number of benzene rings is 1. The van der Waals surface area contributed by atoms with Crippen LogP contribution in [-0.4, -0.2) is 35.1 Å². The van der Waals surface area contributed by atoms with Crippen molar-refractivity contribution in [1.82, 2.24) is 10.2 Å². The van der Waals surface area contributed by atoms with E-state index in [9.17, 15) is 4.79 Å². The molecule has 1 saturated heterocycles. The summed E-state index contributed by atoms with van der Waals surface area (Å²) >= 11 is 3.11. The molecule has 0 unspecified atom stereocenters. The van der Waals surface area contributed by atoms with Gasteiger partial charge >= 0.3 is 0 Å².